The largest absolute Gasteiger partial charge is 0.465 e. The van der Waals surface area contributed by atoms with Gasteiger partial charge < -0.3 is 14.0 Å². The van der Waals surface area contributed by atoms with E-state index < -0.39 is 5.97 Å². The summed E-state index contributed by atoms with van der Waals surface area (Å²) in [6, 6.07) is 23.0. The van der Waals surface area contributed by atoms with Crippen molar-refractivity contribution in [1.82, 2.24) is 9.55 Å². The highest BCUT2D eigenvalue weighted by Gasteiger charge is 2.15. The molecule has 0 unspecified atom stereocenters. The van der Waals surface area contributed by atoms with Gasteiger partial charge in [0.15, 0.2) is 6.61 Å². The third-order valence-electron chi connectivity index (χ3n) is 5.30. The van der Waals surface area contributed by atoms with E-state index in [1.165, 1.54) is 22.4 Å². The van der Waals surface area contributed by atoms with Crippen molar-refractivity contribution in [2.45, 2.75) is 26.8 Å². The Morgan fingerprint density at radius 2 is 1.77 bits per heavy atom. The van der Waals surface area contributed by atoms with E-state index in [0.29, 0.717) is 12.5 Å². The number of carbonyl (C=O) groups is 1. The first-order valence-electron chi connectivity index (χ1n) is 10.6. The summed E-state index contributed by atoms with van der Waals surface area (Å²) < 4.78 is 13.0. The molecular weight excluding hydrogens is 388 g/mol. The molecule has 158 valence electrons. The third-order valence-corrected chi connectivity index (χ3v) is 5.30. The second kappa shape index (κ2) is 9.47. The number of ether oxygens (including phenoxy) is 2. The van der Waals surface area contributed by atoms with E-state index in [2.05, 4.69) is 71.1 Å². The van der Waals surface area contributed by atoms with E-state index >= 15 is 0 Å². The molecule has 0 bridgehead atoms. The average molecular weight is 415 g/mol. The van der Waals surface area contributed by atoms with Gasteiger partial charge in [0.2, 0.25) is 5.88 Å². The Balaban J connectivity index is 1.71. The first kappa shape index (κ1) is 20.7. The zero-order valence-electron chi connectivity index (χ0n) is 17.9. The predicted octanol–water partition coefficient (Wildman–Crippen LogP) is 5.26. The van der Waals surface area contributed by atoms with Crippen LogP contribution in [-0.4, -0.2) is 28.7 Å². The van der Waals surface area contributed by atoms with Gasteiger partial charge >= 0.3 is 5.97 Å². The summed E-state index contributed by atoms with van der Waals surface area (Å²) >= 11 is 0. The van der Waals surface area contributed by atoms with Gasteiger partial charge in [-0.1, -0.05) is 61.5 Å². The fourth-order valence-electron chi connectivity index (χ4n) is 3.87. The van der Waals surface area contributed by atoms with Crippen molar-refractivity contribution in [3.05, 3.63) is 84.2 Å². The quantitative estimate of drug-likeness (QED) is 0.369. The van der Waals surface area contributed by atoms with Crippen LogP contribution in [-0.2, 0) is 22.5 Å². The summed E-state index contributed by atoms with van der Waals surface area (Å²) in [5.41, 5.74) is 5.89. The van der Waals surface area contributed by atoms with E-state index in [4.69, 9.17) is 9.47 Å². The second-order valence-corrected chi connectivity index (χ2v) is 7.24. The lowest BCUT2D eigenvalue weighted by atomic mass is 9.99. The van der Waals surface area contributed by atoms with E-state index in [9.17, 15) is 4.79 Å². The minimum absolute atomic E-state index is 0.149. The molecule has 5 nitrogen and oxygen atoms in total. The molecule has 0 aliphatic carbocycles. The molecule has 2 heterocycles. The number of hydrogen-bond acceptors (Lipinski definition) is 4. The molecule has 0 saturated carbocycles. The van der Waals surface area contributed by atoms with Gasteiger partial charge in [-0.3, -0.25) is 0 Å². The number of pyridine rings is 1. The Labute approximate surface area is 182 Å². The van der Waals surface area contributed by atoms with Crippen LogP contribution < -0.4 is 4.74 Å². The number of nitrogens with zero attached hydrogens (tertiary/aromatic N) is 2. The first-order chi connectivity index (χ1) is 15.2. The fraction of sp³-hybridized carbons (Fsp3) is 0.231. The highest BCUT2D eigenvalue weighted by molar-refractivity contribution is 5.86. The smallest absolute Gasteiger partial charge is 0.344 e. The second-order valence-electron chi connectivity index (χ2n) is 7.24. The molecule has 0 N–H and O–H groups in total. The molecule has 0 aliphatic rings. The maximum absolute atomic E-state index is 11.7. The van der Waals surface area contributed by atoms with E-state index in [-0.39, 0.29) is 6.61 Å². The van der Waals surface area contributed by atoms with Crippen LogP contribution in [0.15, 0.2) is 72.9 Å². The minimum Gasteiger partial charge on any atom is -0.465 e. The van der Waals surface area contributed by atoms with E-state index in [1.807, 2.05) is 12.1 Å². The molecule has 4 aromatic rings. The average Bonchev–Trinajstić information content (AvgIpc) is 3.17. The molecule has 0 aliphatic heterocycles. The molecule has 0 atom stereocenters. The monoisotopic (exact) mass is 414 g/mol. The first-order valence-corrected chi connectivity index (χ1v) is 10.6. The summed E-state index contributed by atoms with van der Waals surface area (Å²) in [6.07, 6.45) is 2.60. The van der Waals surface area contributed by atoms with Crippen LogP contribution in [0.25, 0.3) is 22.0 Å². The van der Waals surface area contributed by atoms with Crippen LogP contribution in [0.5, 0.6) is 5.88 Å². The van der Waals surface area contributed by atoms with Gasteiger partial charge in [0, 0.05) is 18.4 Å². The maximum Gasteiger partial charge on any atom is 0.344 e. The topological polar surface area (TPSA) is 53.4 Å². The van der Waals surface area contributed by atoms with E-state index in [1.54, 1.807) is 13.1 Å². The Hall–Kier alpha value is -3.60. The minimum atomic E-state index is -0.395. The summed E-state index contributed by atoms with van der Waals surface area (Å²) in [4.78, 5) is 16.1. The van der Waals surface area contributed by atoms with Crippen molar-refractivity contribution in [3.63, 3.8) is 0 Å². The van der Waals surface area contributed by atoms with Crippen molar-refractivity contribution >= 4 is 16.9 Å². The van der Waals surface area contributed by atoms with Crippen LogP contribution in [0, 0.1) is 0 Å². The molecule has 31 heavy (non-hydrogen) atoms. The highest BCUT2D eigenvalue weighted by atomic mass is 16.6. The lowest BCUT2D eigenvalue weighted by Crippen LogP contribution is -2.15. The standard InChI is InChI=1S/C26H26N2O3/c1-3-21-16-23-24(14-15-27-26(23)31-18-25(29)30-4-2)28(21)17-20-12-8-9-13-22(20)19-10-6-5-7-11-19/h5-16H,3-4,17-18H2,1-2H3. The van der Waals surface area contributed by atoms with Crippen LogP contribution in [0.2, 0.25) is 0 Å². The number of aromatic nitrogens is 2. The lowest BCUT2D eigenvalue weighted by molar-refractivity contribution is -0.145. The molecule has 0 radical (unpaired) electrons. The SMILES string of the molecule is CCOC(=O)COc1nccc2c1cc(CC)n2Cc1ccccc1-c1ccccc1. The van der Waals surface area contributed by atoms with E-state index in [0.717, 1.165) is 23.9 Å². The Kier molecular flexibility index (Phi) is 6.32. The fourth-order valence-corrected chi connectivity index (χ4v) is 3.87. The molecule has 4 rings (SSSR count). The summed E-state index contributed by atoms with van der Waals surface area (Å²) in [5, 5.41) is 0.904. The number of hydrogen-bond donors (Lipinski definition) is 0. The molecule has 0 spiro atoms. The van der Waals surface area contributed by atoms with Crippen molar-refractivity contribution in [2.75, 3.05) is 13.2 Å². The zero-order valence-corrected chi connectivity index (χ0v) is 17.9. The molecule has 2 aromatic carbocycles. The molecule has 5 heteroatoms. The van der Waals surface area contributed by atoms with Gasteiger partial charge in [0.25, 0.3) is 0 Å². The molecule has 2 aromatic heterocycles. The van der Waals surface area contributed by atoms with Gasteiger partial charge in [-0.25, -0.2) is 9.78 Å². The third kappa shape index (κ3) is 4.45. The summed E-state index contributed by atoms with van der Waals surface area (Å²) in [6.45, 7) is 4.83. The van der Waals surface area contributed by atoms with Gasteiger partial charge in [-0.05, 0) is 42.2 Å². The van der Waals surface area contributed by atoms with Crippen LogP contribution in [0.3, 0.4) is 0 Å². The van der Waals surface area contributed by atoms with Crippen LogP contribution in [0.4, 0.5) is 0 Å². The Morgan fingerprint density at radius 1 is 1.00 bits per heavy atom. The van der Waals surface area contributed by atoms with Crippen molar-refractivity contribution < 1.29 is 14.3 Å². The molecule has 0 saturated heterocycles. The number of rotatable bonds is 8. The van der Waals surface area contributed by atoms with Crippen molar-refractivity contribution in [1.29, 1.82) is 0 Å². The van der Waals surface area contributed by atoms with Gasteiger partial charge in [0.1, 0.15) is 0 Å². The zero-order chi connectivity index (χ0) is 21.6. The number of esters is 1. The van der Waals surface area contributed by atoms with Gasteiger partial charge in [-0.15, -0.1) is 0 Å². The van der Waals surface area contributed by atoms with Crippen molar-refractivity contribution in [2.24, 2.45) is 0 Å². The Bertz CT molecular complexity index is 1180. The Morgan fingerprint density at radius 3 is 2.55 bits per heavy atom. The number of benzene rings is 2. The predicted molar refractivity (Wildman–Crippen MR) is 122 cm³/mol. The number of aryl methyl sites for hydroxylation is 1. The molecular formula is C26H26N2O3. The number of carbonyl (C=O) groups excluding carboxylic acids is 1. The lowest BCUT2D eigenvalue weighted by Gasteiger charge is -2.14. The normalized spacial score (nSPS) is 10.9. The van der Waals surface area contributed by atoms with Gasteiger partial charge in [0.05, 0.1) is 17.5 Å². The maximum atomic E-state index is 11.7. The highest BCUT2D eigenvalue weighted by Crippen LogP contribution is 2.30. The van der Waals surface area contributed by atoms with Crippen molar-refractivity contribution in [3.8, 4) is 17.0 Å². The van der Waals surface area contributed by atoms with Gasteiger partial charge in [-0.2, -0.15) is 0 Å². The van der Waals surface area contributed by atoms with Crippen LogP contribution >= 0.6 is 0 Å². The summed E-state index contributed by atoms with van der Waals surface area (Å²) in [7, 11) is 0. The van der Waals surface area contributed by atoms with Crippen LogP contribution in [0.1, 0.15) is 25.1 Å². The molecule has 0 fully saturated rings. The molecule has 0 amide bonds. The summed E-state index contributed by atoms with van der Waals surface area (Å²) in [5.74, 6) is 0.0589. The number of fused-ring (bicyclic) bond motifs is 1.